The van der Waals surface area contributed by atoms with E-state index in [0.717, 1.165) is 11.1 Å². The van der Waals surface area contributed by atoms with Crippen LogP contribution in [0.4, 0.5) is 0 Å². The van der Waals surface area contributed by atoms with Gasteiger partial charge in [0, 0.05) is 0 Å². The van der Waals surface area contributed by atoms with Gasteiger partial charge in [-0.25, -0.2) is 0 Å². The Kier molecular flexibility index (Phi) is 3.62. The summed E-state index contributed by atoms with van der Waals surface area (Å²) in [5, 5.41) is 0. The summed E-state index contributed by atoms with van der Waals surface area (Å²) in [7, 11) is 0. The minimum absolute atomic E-state index is 0.0835. The van der Waals surface area contributed by atoms with Gasteiger partial charge in [0.15, 0.2) is 0 Å². The molecule has 0 spiro atoms. The van der Waals surface area contributed by atoms with Crippen LogP contribution in [0, 0.1) is 0 Å². The van der Waals surface area contributed by atoms with Gasteiger partial charge in [-0.2, -0.15) is 0 Å². The Bertz CT molecular complexity index is 674. The second-order valence-corrected chi connectivity index (χ2v) is 4.88. The van der Waals surface area contributed by atoms with Crippen LogP contribution < -0.4 is 5.73 Å². The van der Waals surface area contributed by atoms with Gasteiger partial charge >= 0.3 is 0 Å². The minimum atomic E-state index is -0.0835. The van der Waals surface area contributed by atoms with Crippen LogP contribution in [-0.2, 0) is 0 Å². The molecule has 20 heavy (non-hydrogen) atoms. The van der Waals surface area contributed by atoms with Crippen molar-refractivity contribution in [2.24, 2.45) is 5.73 Å². The van der Waals surface area contributed by atoms with Crippen molar-refractivity contribution in [1.29, 1.82) is 0 Å². The van der Waals surface area contributed by atoms with E-state index in [4.69, 9.17) is 5.73 Å². The van der Waals surface area contributed by atoms with Gasteiger partial charge in [-0.3, -0.25) is 0 Å². The predicted molar refractivity (Wildman–Crippen MR) is 84.4 cm³/mol. The number of benzene rings is 3. The van der Waals surface area contributed by atoms with Gasteiger partial charge < -0.3 is 5.73 Å². The normalized spacial score (nSPS) is 12.1. The van der Waals surface area contributed by atoms with Crippen molar-refractivity contribution >= 4 is 0 Å². The van der Waals surface area contributed by atoms with Crippen LogP contribution in [0.25, 0.3) is 11.1 Å². The first-order chi connectivity index (χ1) is 9.84. The maximum absolute atomic E-state index is 6.36. The standard InChI is InChI=1S/C19H17N/c20-19(16-10-5-2-6-11-16)18-13-7-12-17(14-18)15-8-3-1-4-9-15/h1-14,19H,20H2/t19-/m1/s1. The third-order valence-electron chi connectivity index (χ3n) is 3.51. The summed E-state index contributed by atoms with van der Waals surface area (Å²) in [6, 6.07) is 28.9. The Morgan fingerprint density at radius 2 is 1.10 bits per heavy atom. The van der Waals surface area contributed by atoms with Gasteiger partial charge in [0.1, 0.15) is 0 Å². The maximum Gasteiger partial charge on any atom is 0.0551 e. The zero-order valence-electron chi connectivity index (χ0n) is 11.2. The molecule has 0 fully saturated rings. The molecule has 0 saturated heterocycles. The van der Waals surface area contributed by atoms with Gasteiger partial charge in [-0.05, 0) is 28.3 Å². The van der Waals surface area contributed by atoms with Crippen LogP contribution in [0.5, 0.6) is 0 Å². The molecule has 0 aliphatic carbocycles. The first kappa shape index (κ1) is 12.6. The molecule has 2 N–H and O–H groups in total. The second kappa shape index (κ2) is 5.72. The van der Waals surface area contributed by atoms with E-state index in [2.05, 4.69) is 60.7 Å². The molecular formula is C19H17N. The summed E-state index contributed by atoms with van der Waals surface area (Å²) in [4.78, 5) is 0. The van der Waals surface area contributed by atoms with Crippen molar-refractivity contribution in [3.63, 3.8) is 0 Å². The SMILES string of the molecule is N[C@H](c1ccccc1)c1cccc(-c2ccccc2)c1. The first-order valence-corrected chi connectivity index (χ1v) is 6.80. The maximum atomic E-state index is 6.36. The highest BCUT2D eigenvalue weighted by atomic mass is 14.6. The van der Waals surface area contributed by atoms with E-state index in [9.17, 15) is 0 Å². The quantitative estimate of drug-likeness (QED) is 0.741. The largest absolute Gasteiger partial charge is 0.320 e. The van der Waals surface area contributed by atoms with Crippen molar-refractivity contribution in [2.45, 2.75) is 6.04 Å². The van der Waals surface area contributed by atoms with Gasteiger partial charge in [0.2, 0.25) is 0 Å². The summed E-state index contributed by atoms with van der Waals surface area (Å²) in [5.74, 6) is 0. The van der Waals surface area contributed by atoms with Gasteiger partial charge in [-0.1, -0.05) is 78.9 Å². The molecule has 0 amide bonds. The van der Waals surface area contributed by atoms with Crippen LogP contribution in [0.15, 0.2) is 84.9 Å². The number of hydrogen-bond acceptors (Lipinski definition) is 1. The molecule has 0 bridgehead atoms. The Morgan fingerprint density at radius 3 is 1.80 bits per heavy atom. The third-order valence-corrected chi connectivity index (χ3v) is 3.51. The molecule has 0 heterocycles. The lowest BCUT2D eigenvalue weighted by molar-refractivity contribution is 0.872. The molecule has 0 saturated carbocycles. The van der Waals surface area contributed by atoms with Gasteiger partial charge in [0.05, 0.1) is 6.04 Å². The Hall–Kier alpha value is -2.38. The fourth-order valence-electron chi connectivity index (χ4n) is 2.40. The number of rotatable bonds is 3. The zero-order valence-corrected chi connectivity index (χ0v) is 11.2. The molecule has 3 aromatic rings. The monoisotopic (exact) mass is 259 g/mol. The Balaban J connectivity index is 1.96. The van der Waals surface area contributed by atoms with Crippen LogP contribution in [0.2, 0.25) is 0 Å². The third kappa shape index (κ3) is 2.63. The topological polar surface area (TPSA) is 26.0 Å². The van der Waals surface area contributed by atoms with E-state index in [-0.39, 0.29) is 6.04 Å². The zero-order chi connectivity index (χ0) is 13.8. The van der Waals surface area contributed by atoms with E-state index in [1.165, 1.54) is 11.1 Å². The highest BCUT2D eigenvalue weighted by Gasteiger charge is 2.09. The van der Waals surface area contributed by atoms with E-state index in [1.807, 2.05) is 24.3 Å². The van der Waals surface area contributed by atoms with E-state index in [1.54, 1.807) is 0 Å². The highest BCUT2D eigenvalue weighted by molar-refractivity contribution is 5.64. The average molecular weight is 259 g/mol. The molecule has 1 heteroatoms. The van der Waals surface area contributed by atoms with Crippen LogP contribution in [0.1, 0.15) is 17.2 Å². The smallest absolute Gasteiger partial charge is 0.0551 e. The van der Waals surface area contributed by atoms with Crippen LogP contribution in [0.3, 0.4) is 0 Å². The lowest BCUT2D eigenvalue weighted by Gasteiger charge is -2.14. The van der Waals surface area contributed by atoms with Crippen molar-refractivity contribution in [3.05, 3.63) is 96.1 Å². The van der Waals surface area contributed by atoms with Crippen molar-refractivity contribution in [2.75, 3.05) is 0 Å². The molecule has 0 aliphatic heterocycles. The van der Waals surface area contributed by atoms with Gasteiger partial charge in [0.25, 0.3) is 0 Å². The molecule has 3 aromatic carbocycles. The summed E-state index contributed by atoms with van der Waals surface area (Å²) >= 11 is 0. The highest BCUT2D eigenvalue weighted by Crippen LogP contribution is 2.25. The molecule has 0 unspecified atom stereocenters. The molecule has 0 aliphatic rings. The molecule has 0 radical (unpaired) electrons. The van der Waals surface area contributed by atoms with Crippen LogP contribution in [-0.4, -0.2) is 0 Å². The van der Waals surface area contributed by atoms with Crippen molar-refractivity contribution in [1.82, 2.24) is 0 Å². The average Bonchev–Trinajstić information content (AvgIpc) is 2.56. The second-order valence-electron chi connectivity index (χ2n) is 4.88. The molecule has 1 atom stereocenters. The molecule has 3 rings (SSSR count). The van der Waals surface area contributed by atoms with E-state index >= 15 is 0 Å². The fraction of sp³-hybridized carbons (Fsp3) is 0.0526. The summed E-state index contributed by atoms with van der Waals surface area (Å²) in [6.07, 6.45) is 0. The lowest BCUT2D eigenvalue weighted by atomic mass is 9.96. The molecule has 0 aromatic heterocycles. The van der Waals surface area contributed by atoms with Crippen LogP contribution >= 0.6 is 0 Å². The van der Waals surface area contributed by atoms with E-state index < -0.39 is 0 Å². The van der Waals surface area contributed by atoms with Crippen molar-refractivity contribution in [3.8, 4) is 11.1 Å². The lowest BCUT2D eigenvalue weighted by Crippen LogP contribution is -2.11. The fourth-order valence-corrected chi connectivity index (χ4v) is 2.40. The Labute approximate surface area is 119 Å². The molecule has 98 valence electrons. The summed E-state index contributed by atoms with van der Waals surface area (Å²) < 4.78 is 0. The first-order valence-electron chi connectivity index (χ1n) is 6.80. The Morgan fingerprint density at radius 1 is 0.550 bits per heavy atom. The summed E-state index contributed by atoms with van der Waals surface area (Å²) in [6.45, 7) is 0. The van der Waals surface area contributed by atoms with Gasteiger partial charge in [-0.15, -0.1) is 0 Å². The number of nitrogens with two attached hydrogens (primary N) is 1. The van der Waals surface area contributed by atoms with Crippen molar-refractivity contribution < 1.29 is 0 Å². The predicted octanol–water partition coefficient (Wildman–Crippen LogP) is 4.40. The summed E-state index contributed by atoms with van der Waals surface area (Å²) in [5.41, 5.74) is 11.1. The molecular weight excluding hydrogens is 242 g/mol. The minimum Gasteiger partial charge on any atom is -0.320 e. The molecule has 1 nitrogen and oxygen atoms in total. The van der Waals surface area contributed by atoms with E-state index in [0.29, 0.717) is 0 Å². The number of hydrogen-bond donors (Lipinski definition) is 1.